The molecule has 0 aliphatic carbocycles. The predicted octanol–water partition coefficient (Wildman–Crippen LogP) is 1.40. The normalized spacial score (nSPS) is 10.0. The fourth-order valence-corrected chi connectivity index (χ4v) is 1.50. The minimum Gasteiger partial charge on any atom is -0.297 e. The maximum Gasteiger partial charge on any atom is 0.326 e. The summed E-state index contributed by atoms with van der Waals surface area (Å²) in [5.41, 5.74) is 2.26. The van der Waals surface area contributed by atoms with Gasteiger partial charge in [-0.25, -0.2) is 4.79 Å². The highest BCUT2D eigenvalue weighted by molar-refractivity contribution is 5.22. The molecule has 4 heteroatoms. The standard InChI is InChI=1S/C12H11N3O/c1-9-2-4-10(5-3-9)7-15-8-11(6-13)14-12(15)16/h2-5,8H,7H2,1H3,(H,14,16). The molecule has 0 amide bonds. The summed E-state index contributed by atoms with van der Waals surface area (Å²) in [5, 5.41) is 8.64. The average molecular weight is 213 g/mol. The van der Waals surface area contributed by atoms with Gasteiger partial charge in [-0.2, -0.15) is 5.26 Å². The van der Waals surface area contributed by atoms with E-state index in [-0.39, 0.29) is 11.4 Å². The second-order valence-corrected chi connectivity index (χ2v) is 3.70. The summed E-state index contributed by atoms with van der Waals surface area (Å²) >= 11 is 0. The lowest BCUT2D eigenvalue weighted by atomic mass is 10.1. The summed E-state index contributed by atoms with van der Waals surface area (Å²) in [6.07, 6.45) is 1.53. The highest BCUT2D eigenvalue weighted by atomic mass is 16.1. The van der Waals surface area contributed by atoms with E-state index >= 15 is 0 Å². The molecule has 0 spiro atoms. The van der Waals surface area contributed by atoms with Gasteiger partial charge in [-0.15, -0.1) is 0 Å². The van der Waals surface area contributed by atoms with Crippen molar-refractivity contribution in [2.24, 2.45) is 0 Å². The third-order valence-corrected chi connectivity index (χ3v) is 2.38. The average Bonchev–Trinajstić information content (AvgIpc) is 2.63. The van der Waals surface area contributed by atoms with Gasteiger partial charge in [-0.3, -0.25) is 9.55 Å². The molecule has 0 aliphatic heterocycles. The molecule has 1 heterocycles. The third kappa shape index (κ3) is 2.04. The number of aromatic nitrogens is 2. The Morgan fingerprint density at radius 3 is 2.62 bits per heavy atom. The van der Waals surface area contributed by atoms with Crippen LogP contribution in [-0.2, 0) is 6.54 Å². The van der Waals surface area contributed by atoms with E-state index in [1.54, 1.807) is 0 Å². The first-order chi connectivity index (χ1) is 7.69. The van der Waals surface area contributed by atoms with Gasteiger partial charge in [0.1, 0.15) is 11.8 Å². The Morgan fingerprint density at radius 2 is 2.06 bits per heavy atom. The van der Waals surface area contributed by atoms with Crippen LogP contribution in [0.5, 0.6) is 0 Å². The molecule has 0 saturated carbocycles. The van der Waals surface area contributed by atoms with Gasteiger partial charge in [0.25, 0.3) is 0 Å². The van der Waals surface area contributed by atoms with Gasteiger partial charge in [-0.05, 0) is 12.5 Å². The smallest absolute Gasteiger partial charge is 0.297 e. The van der Waals surface area contributed by atoms with Gasteiger partial charge >= 0.3 is 5.69 Å². The summed E-state index contributed by atoms with van der Waals surface area (Å²) < 4.78 is 1.49. The van der Waals surface area contributed by atoms with Crippen LogP contribution in [0.15, 0.2) is 35.3 Å². The van der Waals surface area contributed by atoms with E-state index in [1.807, 2.05) is 37.3 Å². The van der Waals surface area contributed by atoms with E-state index < -0.39 is 0 Å². The lowest BCUT2D eigenvalue weighted by Gasteiger charge is -2.01. The van der Waals surface area contributed by atoms with E-state index in [4.69, 9.17) is 5.26 Å². The Hall–Kier alpha value is -2.28. The lowest BCUT2D eigenvalue weighted by molar-refractivity contribution is 0.762. The van der Waals surface area contributed by atoms with Crippen molar-refractivity contribution in [3.8, 4) is 6.07 Å². The van der Waals surface area contributed by atoms with Crippen LogP contribution in [0.1, 0.15) is 16.8 Å². The van der Waals surface area contributed by atoms with Gasteiger partial charge in [0.2, 0.25) is 0 Å². The van der Waals surface area contributed by atoms with Crippen molar-refractivity contribution < 1.29 is 0 Å². The molecule has 2 aromatic rings. The monoisotopic (exact) mass is 213 g/mol. The Kier molecular flexibility index (Phi) is 2.61. The Bertz CT molecular complexity index is 584. The molecule has 0 atom stereocenters. The van der Waals surface area contributed by atoms with Gasteiger partial charge in [-0.1, -0.05) is 29.8 Å². The van der Waals surface area contributed by atoms with Crippen molar-refractivity contribution in [2.45, 2.75) is 13.5 Å². The molecule has 80 valence electrons. The molecule has 0 radical (unpaired) electrons. The van der Waals surface area contributed by atoms with Crippen molar-refractivity contribution in [2.75, 3.05) is 0 Å². The molecule has 1 aromatic heterocycles. The summed E-state index contributed by atoms with van der Waals surface area (Å²) in [6, 6.07) is 9.85. The van der Waals surface area contributed by atoms with Crippen LogP contribution >= 0.6 is 0 Å². The summed E-state index contributed by atoms with van der Waals surface area (Å²) in [5.74, 6) is 0. The molecule has 2 rings (SSSR count). The lowest BCUT2D eigenvalue weighted by Crippen LogP contribution is -2.16. The summed E-state index contributed by atoms with van der Waals surface area (Å²) in [7, 11) is 0. The van der Waals surface area contributed by atoms with E-state index in [9.17, 15) is 4.79 Å². The maximum absolute atomic E-state index is 11.4. The number of benzene rings is 1. The fourth-order valence-electron chi connectivity index (χ4n) is 1.50. The molecular formula is C12H11N3O. The zero-order chi connectivity index (χ0) is 11.5. The highest BCUT2D eigenvalue weighted by Crippen LogP contribution is 2.04. The van der Waals surface area contributed by atoms with Crippen LogP contribution in [0.3, 0.4) is 0 Å². The Balaban J connectivity index is 2.27. The molecule has 0 aliphatic rings. The molecule has 0 saturated heterocycles. The number of nitrogens with one attached hydrogen (secondary N) is 1. The first-order valence-electron chi connectivity index (χ1n) is 4.94. The summed E-state index contributed by atoms with van der Waals surface area (Å²) in [6.45, 7) is 2.50. The number of nitrogens with zero attached hydrogens (tertiary/aromatic N) is 2. The molecule has 16 heavy (non-hydrogen) atoms. The van der Waals surface area contributed by atoms with Crippen molar-refractivity contribution in [3.05, 3.63) is 57.8 Å². The number of nitriles is 1. The maximum atomic E-state index is 11.4. The van der Waals surface area contributed by atoms with Gasteiger partial charge < -0.3 is 0 Å². The van der Waals surface area contributed by atoms with Crippen LogP contribution in [0.4, 0.5) is 0 Å². The zero-order valence-electron chi connectivity index (χ0n) is 8.90. The van der Waals surface area contributed by atoms with Crippen LogP contribution in [0, 0.1) is 18.3 Å². The largest absolute Gasteiger partial charge is 0.326 e. The molecule has 0 fully saturated rings. The number of hydrogen-bond acceptors (Lipinski definition) is 2. The van der Waals surface area contributed by atoms with Gasteiger partial charge in [0.05, 0.1) is 6.54 Å². The van der Waals surface area contributed by atoms with Crippen molar-refractivity contribution in [1.29, 1.82) is 5.26 Å². The number of rotatable bonds is 2. The molecule has 0 bridgehead atoms. The van der Waals surface area contributed by atoms with Crippen LogP contribution < -0.4 is 5.69 Å². The fraction of sp³-hybridized carbons (Fsp3) is 0.167. The minimum atomic E-state index is -0.253. The van der Waals surface area contributed by atoms with Crippen LogP contribution in [0.25, 0.3) is 0 Å². The van der Waals surface area contributed by atoms with Crippen LogP contribution in [-0.4, -0.2) is 9.55 Å². The first kappa shape index (κ1) is 10.2. The van der Waals surface area contributed by atoms with Gasteiger partial charge in [0.15, 0.2) is 0 Å². The molecule has 0 unspecified atom stereocenters. The molecule has 4 nitrogen and oxygen atoms in total. The second-order valence-electron chi connectivity index (χ2n) is 3.70. The molecule has 1 aromatic carbocycles. The summed E-state index contributed by atoms with van der Waals surface area (Å²) in [4.78, 5) is 13.9. The zero-order valence-corrected chi connectivity index (χ0v) is 8.90. The topological polar surface area (TPSA) is 61.6 Å². The number of H-pyrrole nitrogens is 1. The number of aromatic amines is 1. The minimum absolute atomic E-state index is 0.253. The second kappa shape index (κ2) is 4.07. The Morgan fingerprint density at radius 1 is 1.38 bits per heavy atom. The quantitative estimate of drug-likeness (QED) is 0.819. The third-order valence-electron chi connectivity index (χ3n) is 2.38. The van der Waals surface area contributed by atoms with Crippen molar-refractivity contribution in [3.63, 3.8) is 0 Å². The Labute approximate surface area is 92.8 Å². The molecule has 1 N–H and O–H groups in total. The van der Waals surface area contributed by atoms with E-state index in [2.05, 4.69) is 4.98 Å². The number of imidazole rings is 1. The van der Waals surface area contributed by atoms with Crippen LogP contribution in [0.2, 0.25) is 0 Å². The van der Waals surface area contributed by atoms with Crippen molar-refractivity contribution in [1.82, 2.24) is 9.55 Å². The van der Waals surface area contributed by atoms with Gasteiger partial charge in [0, 0.05) is 6.20 Å². The predicted molar refractivity (Wildman–Crippen MR) is 60.0 cm³/mol. The molecular weight excluding hydrogens is 202 g/mol. The highest BCUT2D eigenvalue weighted by Gasteiger charge is 2.02. The SMILES string of the molecule is Cc1ccc(Cn2cc(C#N)[nH]c2=O)cc1. The number of aryl methyl sites for hydroxylation is 1. The number of hydrogen-bond donors (Lipinski definition) is 1. The first-order valence-corrected chi connectivity index (χ1v) is 4.94. The van der Waals surface area contributed by atoms with Crippen molar-refractivity contribution >= 4 is 0 Å². The van der Waals surface area contributed by atoms with E-state index in [0.29, 0.717) is 6.54 Å². The van der Waals surface area contributed by atoms with E-state index in [0.717, 1.165) is 5.56 Å². The van der Waals surface area contributed by atoms with E-state index in [1.165, 1.54) is 16.3 Å².